The summed E-state index contributed by atoms with van der Waals surface area (Å²) >= 11 is 0. The lowest BCUT2D eigenvalue weighted by Crippen LogP contribution is -2.11. The molecule has 7 aromatic rings. The Morgan fingerprint density at radius 2 is 1.00 bits per heavy atom. The van der Waals surface area contributed by atoms with Gasteiger partial charge in [0, 0.05) is 17.1 Å². The Labute approximate surface area is 285 Å². The molecule has 48 heavy (non-hydrogen) atoms. The average molecular weight is 622 g/mol. The van der Waals surface area contributed by atoms with Gasteiger partial charge in [0.05, 0.1) is 0 Å². The number of nitrogens with zero attached hydrogens (tertiary/aromatic N) is 1. The molecule has 0 fully saturated rings. The molecule has 0 atom stereocenters. The highest BCUT2D eigenvalue weighted by Gasteiger charge is 2.24. The van der Waals surface area contributed by atoms with E-state index in [1.165, 1.54) is 94.2 Å². The molecule has 0 amide bonds. The molecule has 0 N–H and O–H groups in total. The van der Waals surface area contributed by atoms with Gasteiger partial charge in [-0.2, -0.15) is 0 Å². The SMILES string of the molecule is Cc1cc(C)cc(N(c2cccc(C(C)C)c2)c2ccc3cc4c(cc3c2)-c2cc3cc(-c5ccc(C(C)(C)C)cc5)ccc3cc2-4)c1. The lowest BCUT2D eigenvalue weighted by molar-refractivity contribution is 0.590. The van der Waals surface area contributed by atoms with Gasteiger partial charge in [-0.15, -0.1) is 0 Å². The average Bonchev–Trinajstić information content (AvgIpc) is 3.06. The molecule has 0 aromatic heterocycles. The van der Waals surface area contributed by atoms with Crippen LogP contribution in [-0.2, 0) is 5.41 Å². The van der Waals surface area contributed by atoms with Gasteiger partial charge in [-0.1, -0.05) is 95.3 Å². The Morgan fingerprint density at radius 3 is 1.60 bits per heavy atom. The predicted molar refractivity (Wildman–Crippen MR) is 208 cm³/mol. The maximum atomic E-state index is 2.42. The van der Waals surface area contributed by atoms with Crippen LogP contribution in [-0.4, -0.2) is 0 Å². The molecule has 0 saturated heterocycles. The van der Waals surface area contributed by atoms with Gasteiger partial charge >= 0.3 is 0 Å². The molecule has 0 spiro atoms. The lowest BCUT2D eigenvalue weighted by Gasteiger charge is -2.28. The molecule has 0 radical (unpaired) electrons. The fraction of sp³-hybridized carbons (Fsp3) is 0.191. The number of rotatable bonds is 5. The first-order valence-corrected chi connectivity index (χ1v) is 17.3. The van der Waals surface area contributed by atoms with Crippen molar-refractivity contribution in [3.8, 4) is 33.4 Å². The van der Waals surface area contributed by atoms with Crippen molar-refractivity contribution in [1.29, 1.82) is 0 Å². The minimum Gasteiger partial charge on any atom is -0.310 e. The van der Waals surface area contributed by atoms with Crippen molar-refractivity contribution in [3.63, 3.8) is 0 Å². The second kappa shape index (κ2) is 11.2. The van der Waals surface area contributed by atoms with Gasteiger partial charge in [0.25, 0.3) is 0 Å². The van der Waals surface area contributed by atoms with Gasteiger partial charge in [-0.25, -0.2) is 0 Å². The van der Waals surface area contributed by atoms with Crippen molar-refractivity contribution in [2.75, 3.05) is 4.90 Å². The van der Waals surface area contributed by atoms with Gasteiger partial charge in [0.2, 0.25) is 0 Å². The third-order valence-corrected chi connectivity index (χ3v) is 10.1. The van der Waals surface area contributed by atoms with E-state index in [1.807, 2.05) is 0 Å². The van der Waals surface area contributed by atoms with E-state index in [0.717, 1.165) is 0 Å². The molecule has 1 aliphatic carbocycles. The zero-order valence-electron chi connectivity index (χ0n) is 29.1. The molecule has 0 unspecified atom stereocenters. The maximum Gasteiger partial charge on any atom is 0.0468 e. The number of hydrogen-bond donors (Lipinski definition) is 0. The number of hydrogen-bond acceptors (Lipinski definition) is 1. The molecule has 0 bridgehead atoms. The summed E-state index contributed by atoms with van der Waals surface area (Å²) in [4.78, 5) is 2.42. The Balaban J connectivity index is 1.20. The summed E-state index contributed by atoms with van der Waals surface area (Å²) < 4.78 is 0. The Hall–Kier alpha value is -5.14. The summed E-state index contributed by atoms with van der Waals surface area (Å²) in [7, 11) is 0. The number of fused-ring (bicyclic) bond motifs is 6. The molecular formula is C47H43N. The highest BCUT2D eigenvalue weighted by Crippen LogP contribution is 2.51. The van der Waals surface area contributed by atoms with Crippen molar-refractivity contribution in [1.82, 2.24) is 0 Å². The quantitative estimate of drug-likeness (QED) is 0.185. The molecule has 8 rings (SSSR count). The van der Waals surface area contributed by atoms with Gasteiger partial charge in [-0.3, -0.25) is 0 Å². The summed E-state index contributed by atoms with van der Waals surface area (Å²) in [6.45, 7) is 15.7. The maximum absolute atomic E-state index is 2.42. The first kappa shape index (κ1) is 30.2. The van der Waals surface area contributed by atoms with Crippen LogP contribution in [0.4, 0.5) is 17.1 Å². The van der Waals surface area contributed by atoms with Crippen molar-refractivity contribution in [2.45, 2.75) is 59.8 Å². The molecule has 1 heteroatoms. The van der Waals surface area contributed by atoms with Crippen molar-refractivity contribution >= 4 is 38.6 Å². The van der Waals surface area contributed by atoms with Crippen LogP contribution in [0.5, 0.6) is 0 Å². The second-order valence-electron chi connectivity index (χ2n) is 15.1. The molecule has 0 saturated carbocycles. The Bertz CT molecular complexity index is 2350. The van der Waals surface area contributed by atoms with E-state index in [1.54, 1.807) is 0 Å². The number of benzene rings is 7. The zero-order chi connectivity index (χ0) is 33.3. The van der Waals surface area contributed by atoms with E-state index in [4.69, 9.17) is 0 Å². The van der Waals surface area contributed by atoms with Crippen molar-refractivity contribution in [3.05, 3.63) is 150 Å². The van der Waals surface area contributed by atoms with Crippen LogP contribution < -0.4 is 4.90 Å². The fourth-order valence-corrected chi connectivity index (χ4v) is 7.44. The van der Waals surface area contributed by atoms with Gasteiger partial charge < -0.3 is 4.90 Å². The van der Waals surface area contributed by atoms with Crippen molar-refractivity contribution in [2.24, 2.45) is 0 Å². The van der Waals surface area contributed by atoms with Crippen LogP contribution in [0.15, 0.2) is 127 Å². The second-order valence-corrected chi connectivity index (χ2v) is 15.1. The molecule has 0 aliphatic heterocycles. The largest absolute Gasteiger partial charge is 0.310 e. The van der Waals surface area contributed by atoms with E-state index in [0.29, 0.717) is 5.92 Å². The van der Waals surface area contributed by atoms with Crippen LogP contribution in [0.1, 0.15) is 62.8 Å². The third-order valence-electron chi connectivity index (χ3n) is 10.1. The third kappa shape index (κ3) is 5.28. The Kier molecular flexibility index (Phi) is 7.07. The smallest absolute Gasteiger partial charge is 0.0468 e. The van der Waals surface area contributed by atoms with E-state index in [-0.39, 0.29) is 5.41 Å². The van der Waals surface area contributed by atoms with Crippen LogP contribution in [0.25, 0.3) is 54.9 Å². The van der Waals surface area contributed by atoms with Gasteiger partial charge in [0.15, 0.2) is 0 Å². The highest BCUT2D eigenvalue weighted by molar-refractivity contribution is 6.12. The minimum atomic E-state index is 0.152. The monoisotopic (exact) mass is 621 g/mol. The number of aryl methyl sites for hydroxylation is 2. The lowest BCUT2D eigenvalue weighted by atomic mass is 9.77. The summed E-state index contributed by atoms with van der Waals surface area (Å²) in [5, 5.41) is 5.11. The topological polar surface area (TPSA) is 3.24 Å². The molecule has 1 aliphatic rings. The van der Waals surface area contributed by atoms with Crippen LogP contribution in [0.3, 0.4) is 0 Å². The molecule has 1 nitrogen and oxygen atoms in total. The number of anilines is 3. The molecule has 236 valence electrons. The normalized spacial score (nSPS) is 12.2. The summed E-state index contributed by atoms with van der Waals surface area (Å²) in [5.74, 6) is 0.461. The zero-order valence-corrected chi connectivity index (χ0v) is 29.1. The summed E-state index contributed by atoms with van der Waals surface area (Å²) in [6.07, 6.45) is 0. The van der Waals surface area contributed by atoms with E-state index in [9.17, 15) is 0 Å². The van der Waals surface area contributed by atoms with Crippen LogP contribution in [0.2, 0.25) is 0 Å². The van der Waals surface area contributed by atoms with Gasteiger partial charge in [0.1, 0.15) is 0 Å². The predicted octanol–water partition coefficient (Wildman–Crippen LogP) is 13.8. The summed E-state index contributed by atoms with van der Waals surface area (Å²) in [5.41, 5.74) is 16.9. The summed E-state index contributed by atoms with van der Waals surface area (Å²) in [6, 6.07) is 48.3. The molecular weight excluding hydrogens is 579 g/mol. The molecule has 7 aromatic carbocycles. The minimum absolute atomic E-state index is 0.152. The first-order chi connectivity index (χ1) is 23.0. The molecule has 0 heterocycles. The van der Waals surface area contributed by atoms with E-state index >= 15 is 0 Å². The fourth-order valence-electron chi connectivity index (χ4n) is 7.44. The van der Waals surface area contributed by atoms with E-state index in [2.05, 4.69) is 181 Å². The van der Waals surface area contributed by atoms with Crippen LogP contribution >= 0.6 is 0 Å². The van der Waals surface area contributed by atoms with Crippen molar-refractivity contribution < 1.29 is 0 Å². The highest BCUT2D eigenvalue weighted by atomic mass is 15.1. The first-order valence-electron chi connectivity index (χ1n) is 17.3. The van der Waals surface area contributed by atoms with E-state index < -0.39 is 0 Å². The van der Waals surface area contributed by atoms with Gasteiger partial charge in [-0.05, 0) is 169 Å². The van der Waals surface area contributed by atoms with Crippen LogP contribution in [0, 0.1) is 13.8 Å². The Morgan fingerprint density at radius 1 is 0.458 bits per heavy atom. The standard InChI is InChI=1S/C47H43N/c1-29(2)33-9-8-10-40(23-33)48(42-20-30(3)19-31(4)21-42)41-18-15-36-26-44-43-25-35-12-11-34(32-13-16-39(17-14-32)47(5,6)7)22-37(35)27-45(43)46(44)28-38(36)24-41/h8-29H,1-7H3.